The molecule has 0 bridgehead atoms. The van der Waals surface area contributed by atoms with Crippen molar-refractivity contribution in [3.8, 4) is 0 Å². The highest BCUT2D eigenvalue weighted by Crippen LogP contribution is 2.12. The minimum absolute atomic E-state index is 0.150. The van der Waals surface area contributed by atoms with Gasteiger partial charge >= 0.3 is 0 Å². The Labute approximate surface area is 134 Å². The average Bonchev–Trinajstić information content (AvgIpc) is 3.00. The monoisotopic (exact) mass is 307 g/mol. The number of carbonyl (C=O) groups excluding carboxylic acids is 1. The van der Waals surface area contributed by atoms with E-state index in [-0.39, 0.29) is 5.91 Å². The van der Waals surface area contributed by atoms with Gasteiger partial charge in [0.25, 0.3) is 5.91 Å². The van der Waals surface area contributed by atoms with Gasteiger partial charge in [-0.1, -0.05) is 18.2 Å². The summed E-state index contributed by atoms with van der Waals surface area (Å²) in [5, 5.41) is 10.1. The first-order valence-electron chi connectivity index (χ1n) is 7.25. The molecular formula is C17H17N5O. The fraction of sp³-hybridized carbons (Fsp3) is 0.118. The average molecular weight is 307 g/mol. The Morgan fingerprint density at radius 3 is 2.61 bits per heavy atom. The van der Waals surface area contributed by atoms with Gasteiger partial charge < -0.3 is 10.6 Å². The Bertz CT molecular complexity index is 780. The van der Waals surface area contributed by atoms with Crippen LogP contribution >= 0.6 is 0 Å². The van der Waals surface area contributed by atoms with Crippen LogP contribution in [-0.4, -0.2) is 20.7 Å². The molecule has 6 nitrogen and oxygen atoms in total. The second-order valence-corrected chi connectivity index (χ2v) is 5.05. The van der Waals surface area contributed by atoms with Gasteiger partial charge in [0.1, 0.15) is 5.82 Å². The smallest absolute Gasteiger partial charge is 0.255 e. The summed E-state index contributed by atoms with van der Waals surface area (Å²) in [4.78, 5) is 16.4. The number of aryl methyl sites for hydroxylation is 1. The lowest BCUT2D eigenvalue weighted by Gasteiger charge is -2.08. The maximum absolute atomic E-state index is 12.1. The second kappa shape index (κ2) is 6.74. The number of nitrogens with zero attached hydrogens (tertiary/aromatic N) is 3. The van der Waals surface area contributed by atoms with Crippen molar-refractivity contribution in [1.82, 2.24) is 14.8 Å². The third-order valence-electron chi connectivity index (χ3n) is 3.43. The van der Waals surface area contributed by atoms with Crippen LogP contribution in [0.15, 0.2) is 60.9 Å². The van der Waals surface area contributed by atoms with Gasteiger partial charge in [-0.05, 0) is 30.3 Å². The van der Waals surface area contributed by atoms with Crippen LogP contribution in [0.2, 0.25) is 0 Å². The van der Waals surface area contributed by atoms with Crippen molar-refractivity contribution in [3.63, 3.8) is 0 Å². The van der Waals surface area contributed by atoms with Crippen LogP contribution in [0, 0.1) is 0 Å². The first-order valence-corrected chi connectivity index (χ1v) is 7.25. The number of anilines is 2. The van der Waals surface area contributed by atoms with E-state index in [2.05, 4.69) is 20.7 Å². The Kier molecular flexibility index (Phi) is 4.33. The number of rotatable bonds is 5. The minimum Gasteiger partial charge on any atom is -0.364 e. The van der Waals surface area contributed by atoms with Gasteiger partial charge in [0, 0.05) is 18.8 Å². The van der Waals surface area contributed by atoms with E-state index in [1.165, 1.54) is 0 Å². The predicted molar refractivity (Wildman–Crippen MR) is 89.2 cm³/mol. The normalized spacial score (nSPS) is 10.3. The van der Waals surface area contributed by atoms with E-state index in [0.29, 0.717) is 17.8 Å². The molecule has 0 aliphatic carbocycles. The Morgan fingerprint density at radius 1 is 1.13 bits per heavy atom. The first kappa shape index (κ1) is 14.8. The molecule has 0 aliphatic heterocycles. The van der Waals surface area contributed by atoms with Crippen LogP contribution in [-0.2, 0) is 13.6 Å². The molecule has 0 spiro atoms. The number of carbonyl (C=O) groups is 1. The van der Waals surface area contributed by atoms with Crippen molar-refractivity contribution in [2.75, 3.05) is 10.6 Å². The summed E-state index contributed by atoms with van der Waals surface area (Å²) in [7, 11) is 1.90. The quantitative estimate of drug-likeness (QED) is 0.760. The molecule has 1 aromatic carbocycles. The lowest BCUT2D eigenvalue weighted by atomic mass is 10.2. The number of pyridine rings is 1. The SMILES string of the molecule is Cn1nccc1CNc1ccc(NC(=O)c2ccccc2)cn1. The summed E-state index contributed by atoms with van der Waals surface area (Å²) >= 11 is 0. The van der Waals surface area contributed by atoms with Gasteiger partial charge in [-0.3, -0.25) is 9.48 Å². The highest BCUT2D eigenvalue weighted by atomic mass is 16.1. The molecule has 0 saturated heterocycles. The summed E-state index contributed by atoms with van der Waals surface area (Å²) in [5.41, 5.74) is 2.34. The molecule has 6 heteroatoms. The highest BCUT2D eigenvalue weighted by Gasteiger charge is 2.05. The van der Waals surface area contributed by atoms with E-state index in [0.717, 1.165) is 11.5 Å². The third-order valence-corrected chi connectivity index (χ3v) is 3.43. The van der Waals surface area contributed by atoms with Crippen LogP contribution in [0.3, 0.4) is 0 Å². The van der Waals surface area contributed by atoms with Crippen LogP contribution in [0.4, 0.5) is 11.5 Å². The topological polar surface area (TPSA) is 71.8 Å². The Hall–Kier alpha value is -3.15. The third kappa shape index (κ3) is 3.74. The molecule has 1 amide bonds. The molecule has 2 aromatic heterocycles. The van der Waals surface area contributed by atoms with Gasteiger partial charge in [0.2, 0.25) is 0 Å². The largest absolute Gasteiger partial charge is 0.364 e. The maximum Gasteiger partial charge on any atom is 0.255 e. The molecule has 0 unspecified atom stereocenters. The molecule has 3 rings (SSSR count). The predicted octanol–water partition coefficient (Wildman–Crippen LogP) is 2.68. The molecule has 0 fully saturated rings. The van der Waals surface area contributed by atoms with Crippen LogP contribution in [0.25, 0.3) is 0 Å². The Balaban J connectivity index is 1.59. The van der Waals surface area contributed by atoms with E-state index < -0.39 is 0 Å². The zero-order valence-corrected chi connectivity index (χ0v) is 12.7. The zero-order valence-electron chi connectivity index (χ0n) is 12.7. The fourth-order valence-corrected chi connectivity index (χ4v) is 2.12. The summed E-state index contributed by atoms with van der Waals surface area (Å²) in [5.74, 6) is 0.590. The lowest BCUT2D eigenvalue weighted by molar-refractivity contribution is 0.102. The van der Waals surface area contributed by atoms with E-state index in [9.17, 15) is 4.79 Å². The van der Waals surface area contributed by atoms with Crippen molar-refractivity contribution in [1.29, 1.82) is 0 Å². The second-order valence-electron chi connectivity index (χ2n) is 5.05. The number of amides is 1. The fourth-order valence-electron chi connectivity index (χ4n) is 2.12. The molecular weight excluding hydrogens is 290 g/mol. The molecule has 2 N–H and O–H groups in total. The molecule has 116 valence electrons. The van der Waals surface area contributed by atoms with Crippen LogP contribution in [0.5, 0.6) is 0 Å². The van der Waals surface area contributed by atoms with Gasteiger partial charge in [0.15, 0.2) is 0 Å². The highest BCUT2D eigenvalue weighted by molar-refractivity contribution is 6.04. The van der Waals surface area contributed by atoms with Gasteiger partial charge in [0.05, 0.1) is 24.1 Å². The molecule has 0 radical (unpaired) electrons. The molecule has 23 heavy (non-hydrogen) atoms. The molecule has 0 saturated carbocycles. The molecule has 0 atom stereocenters. The van der Waals surface area contributed by atoms with Crippen LogP contribution in [0.1, 0.15) is 16.1 Å². The number of aromatic nitrogens is 3. The van der Waals surface area contributed by atoms with Crippen molar-refractivity contribution < 1.29 is 4.79 Å². The molecule has 0 aliphatic rings. The Morgan fingerprint density at radius 2 is 1.96 bits per heavy atom. The summed E-state index contributed by atoms with van der Waals surface area (Å²) in [6, 6.07) is 14.7. The van der Waals surface area contributed by atoms with E-state index in [1.54, 1.807) is 29.2 Å². The number of nitrogens with one attached hydrogen (secondary N) is 2. The van der Waals surface area contributed by atoms with E-state index in [1.807, 2.05) is 43.4 Å². The summed E-state index contributed by atoms with van der Waals surface area (Å²) in [6.45, 7) is 0.638. The van der Waals surface area contributed by atoms with Crippen molar-refractivity contribution in [3.05, 3.63) is 72.2 Å². The maximum atomic E-state index is 12.1. The molecule has 3 aromatic rings. The van der Waals surface area contributed by atoms with Gasteiger partial charge in [-0.15, -0.1) is 0 Å². The van der Waals surface area contributed by atoms with Crippen molar-refractivity contribution in [2.45, 2.75) is 6.54 Å². The minimum atomic E-state index is -0.150. The van der Waals surface area contributed by atoms with Gasteiger partial charge in [-0.25, -0.2) is 4.98 Å². The van der Waals surface area contributed by atoms with Crippen molar-refractivity contribution in [2.24, 2.45) is 7.05 Å². The first-order chi connectivity index (χ1) is 11.2. The number of hydrogen-bond acceptors (Lipinski definition) is 4. The summed E-state index contributed by atoms with van der Waals surface area (Å²) in [6.07, 6.45) is 3.39. The van der Waals surface area contributed by atoms with Crippen LogP contribution < -0.4 is 10.6 Å². The lowest BCUT2D eigenvalue weighted by Crippen LogP contribution is -2.12. The number of benzene rings is 1. The molecule has 2 heterocycles. The van der Waals surface area contributed by atoms with E-state index in [4.69, 9.17) is 0 Å². The zero-order chi connectivity index (χ0) is 16.1. The standard InChI is InChI=1S/C17H17N5O/c1-22-15(9-10-20-22)12-19-16-8-7-14(11-18-16)21-17(23)13-5-3-2-4-6-13/h2-11H,12H2,1H3,(H,18,19)(H,21,23). The van der Waals surface area contributed by atoms with Gasteiger partial charge in [-0.2, -0.15) is 5.10 Å². The summed E-state index contributed by atoms with van der Waals surface area (Å²) < 4.78 is 1.81. The number of hydrogen-bond donors (Lipinski definition) is 2. The van der Waals surface area contributed by atoms with E-state index >= 15 is 0 Å². The van der Waals surface area contributed by atoms with Crippen molar-refractivity contribution >= 4 is 17.4 Å².